The van der Waals surface area contributed by atoms with Gasteiger partial charge in [-0.25, -0.2) is 4.79 Å². The van der Waals surface area contributed by atoms with Gasteiger partial charge in [-0.1, -0.05) is 0 Å². The first-order chi connectivity index (χ1) is 9.49. The Morgan fingerprint density at radius 2 is 2.20 bits per heavy atom. The zero-order valence-electron chi connectivity index (χ0n) is 10.6. The van der Waals surface area contributed by atoms with E-state index in [1.807, 2.05) is 0 Å². The van der Waals surface area contributed by atoms with Gasteiger partial charge in [-0.2, -0.15) is 0 Å². The molecule has 7 heteroatoms. The lowest BCUT2D eigenvalue weighted by atomic mass is 10.1. The van der Waals surface area contributed by atoms with Crippen LogP contribution in [0.5, 0.6) is 0 Å². The number of anilines is 1. The van der Waals surface area contributed by atoms with Crippen LogP contribution in [0, 0.1) is 10.1 Å². The summed E-state index contributed by atoms with van der Waals surface area (Å²) < 4.78 is 4.94. The second-order valence-corrected chi connectivity index (χ2v) is 4.25. The Hall–Kier alpha value is -2.83. The number of furan rings is 1. The molecule has 0 amide bonds. The van der Waals surface area contributed by atoms with Crippen LogP contribution in [0.3, 0.4) is 0 Å². The predicted octanol–water partition coefficient (Wildman–Crippen LogP) is 2.52. The third-order valence-electron chi connectivity index (χ3n) is 2.83. The van der Waals surface area contributed by atoms with Crippen molar-refractivity contribution in [3.8, 4) is 0 Å². The second kappa shape index (κ2) is 5.43. The molecule has 2 aromatic rings. The topological polar surface area (TPSA) is 96.8 Å². The summed E-state index contributed by atoms with van der Waals surface area (Å²) in [5.74, 6) is -1.13. The third kappa shape index (κ3) is 2.77. The second-order valence-electron chi connectivity index (χ2n) is 4.25. The smallest absolute Gasteiger partial charge is 0.335 e. The molecule has 7 nitrogen and oxygen atoms in total. The van der Waals surface area contributed by atoms with Gasteiger partial charge in [0.25, 0.3) is 5.69 Å². The van der Waals surface area contributed by atoms with Gasteiger partial charge in [0.2, 0.25) is 0 Å². The maximum Gasteiger partial charge on any atom is 0.335 e. The SMILES string of the molecule is CN(Cc1ccoc1)c1cc(C(=O)O)ccc1[N+](=O)[O-]. The fourth-order valence-corrected chi connectivity index (χ4v) is 1.86. The Morgan fingerprint density at radius 3 is 2.75 bits per heavy atom. The molecule has 20 heavy (non-hydrogen) atoms. The van der Waals surface area contributed by atoms with Crippen LogP contribution in [0.2, 0.25) is 0 Å². The van der Waals surface area contributed by atoms with Gasteiger partial charge in [0.15, 0.2) is 0 Å². The summed E-state index contributed by atoms with van der Waals surface area (Å²) in [4.78, 5) is 23.1. The first-order valence-corrected chi connectivity index (χ1v) is 5.73. The summed E-state index contributed by atoms with van der Waals surface area (Å²) in [6, 6.07) is 5.45. The van der Waals surface area contributed by atoms with Crippen LogP contribution in [0.1, 0.15) is 15.9 Å². The summed E-state index contributed by atoms with van der Waals surface area (Å²) >= 11 is 0. The van der Waals surface area contributed by atoms with Crippen molar-refractivity contribution < 1.29 is 19.2 Å². The minimum absolute atomic E-state index is 0.00430. The predicted molar refractivity (Wildman–Crippen MR) is 70.9 cm³/mol. The van der Waals surface area contributed by atoms with E-state index >= 15 is 0 Å². The Kier molecular flexibility index (Phi) is 3.69. The number of benzene rings is 1. The molecule has 0 fully saturated rings. The van der Waals surface area contributed by atoms with Crippen LogP contribution < -0.4 is 4.90 Å². The van der Waals surface area contributed by atoms with E-state index in [1.54, 1.807) is 18.0 Å². The van der Waals surface area contributed by atoms with Gasteiger partial charge >= 0.3 is 5.97 Å². The molecular formula is C13H12N2O5. The lowest BCUT2D eigenvalue weighted by molar-refractivity contribution is -0.384. The highest BCUT2D eigenvalue weighted by molar-refractivity contribution is 5.90. The zero-order chi connectivity index (χ0) is 14.7. The van der Waals surface area contributed by atoms with Crippen molar-refractivity contribution in [3.05, 3.63) is 58.0 Å². The fraction of sp³-hybridized carbons (Fsp3) is 0.154. The molecule has 2 rings (SSSR count). The van der Waals surface area contributed by atoms with Crippen LogP contribution in [0.4, 0.5) is 11.4 Å². The molecule has 1 aromatic heterocycles. The number of nitro groups is 1. The normalized spacial score (nSPS) is 10.2. The number of carboxylic acids is 1. The van der Waals surface area contributed by atoms with Crippen LogP contribution in [-0.2, 0) is 6.54 Å². The number of rotatable bonds is 5. The van der Waals surface area contributed by atoms with Crippen molar-refractivity contribution in [2.45, 2.75) is 6.54 Å². The highest BCUT2D eigenvalue weighted by Gasteiger charge is 2.19. The average molecular weight is 276 g/mol. The molecule has 0 radical (unpaired) electrons. The van der Waals surface area contributed by atoms with Crippen molar-refractivity contribution in [2.75, 3.05) is 11.9 Å². The third-order valence-corrected chi connectivity index (χ3v) is 2.83. The van der Waals surface area contributed by atoms with E-state index in [1.165, 1.54) is 30.7 Å². The van der Waals surface area contributed by atoms with E-state index in [2.05, 4.69) is 0 Å². The molecule has 1 N–H and O–H groups in total. The first-order valence-electron chi connectivity index (χ1n) is 5.73. The summed E-state index contributed by atoms with van der Waals surface area (Å²) in [6.45, 7) is 0.375. The molecule has 1 aromatic carbocycles. The molecule has 0 aliphatic rings. The van der Waals surface area contributed by atoms with E-state index in [0.717, 1.165) is 5.56 Å². The number of nitro benzene ring substituents is 1. The molecule has 0 saturated carbocycles. The molecule has 0 aliphatic carbocycles. The van der Waals surface area contributed by atoms with Gasteiger partial charge in [0.05, 0.1) is 23.0 Å². The highest BCUT2D eigenvalue weighted by Crippen LogP contribution is 2.29. The van der Waals surface area contributed by atoms with E-state index < -0.39 is 10.9 Å². The minimum atomic E-state index is -1.13. The molecule has 0 unspecified atom stereocenters. The Labute approximate surface area is 114 Å². The summed E-state index contributed by atoms with van der Waals surface area (Å²) in [5, 5.41) is 20.0. The molecule has 0 bridgehead atoms. The average Bonchev–Trinajstić information content (AvgIpc) is 2.90. The van der Waals surface area contributed by atoms with Crippen molar-refractivity contribution in [3.63, 3.8) is 0 Å². The van der Waals surface area contributed by atoms with E-state index in [4.69, 9.17) is 9.52 Å². The monoisotopic (exact) mass is 276 g/mol. The van der Waals surface area contributed by atoms with E-state index in [-0.39, 0.29) is 16.9 Å². The number of carbonyl (C=O) groups is 1. The van der Waals surface area contributed by atoms with Gasteiger partial charge in [-0.05, 0) is 18.2 Å². The number of carboxylic acid groups (broad SMARTS) is 1. The van der Waals surface area contributed by atoms with E-state index in [9.17, 15) is 14.9 Å². The Bertz CT molecular complexity index is 636. The largest absolute Gasteiger partial charge is 0.478 e. The summed E-state index contributed by atoms with van der Waals surface area (Å²) in [6.07, 6.45) is 3.04. The maximum atomic E-state index is 11.0. The standard InChI is InChI=1S/C13H12N2O5/c1-14(7-9-4-5-20-8-9)12-6-10(13(16)17)2-3-11(12)15(18)19/h2-6,8H,7H2,1H3,(H,16,17). The van der Waals surface area contributed by atoms with Gasteiger partial charge in [-0.3, -0.25) is 10.1 Å². The van der Waals surface area contributed by atoms with Crippen molar-refractivity contribution >= 4 is 17.3 Å². The lowest BCUT2D eigenvalue weighted by Gasteiger charge is -2.18. The summed E-state index contributed by atoms with van der Waals surface area (Å²) in [5.41, 5.74) is 0.948. The number of hydrogen-bond donors (Lipinski definition) is 1. The van der Waals surface area contributed by atoms with Gasteiger partial charge < -0.3 is 14.4 Å². The summed E-state index contributed by atoms with van der Waals surface area (Å²) in [7, 11) is 1.65. The Morgan fingerprint density at radius 1 is 1.45 bits per heavy atom. The molecule has 104 valence electrons. The highest BCUT2D eigenvalue weighted by atomic mass is 16.6. The van der Waals surface area contributed by atoms with Crippen molar-refractivity contribution in [2.24, 2.45) is 0 Å². The Balaban J connectivity index is 2.38. The molecule has 0 atom stereocenters. The number of nitrogens with zero attached hydrogens (tertiary/aromatic N) is 2. The molecular weight excluding hydrogens is 264 g/mol. The molecule has 1 heterocycles. The molecule has 0 spiro atoms. The van der Waals surface area contributed by atoms with Crippen LogP contribution in [0.15, 0.2) is 41.2 Å². The van der Waals surface area contributed by atoms with Crippen LogP contribution in [-0.4, -0.2) is 23.0 Å². The lowest BCUT2D eigenvalue weighted by Crippen LogP contribution is -2.18. The number of hydrogen-bond acceptors (Lipinski definition) is 5. The molecule has 0 saturated heterocycles. The van der Waals surface area contributed by atoms with Crippen molar-refractivity contribution in [1.29, 1.82) is 0 Å². The van der Waals surface area contributed by atoms with Crippen LogP contribution in [0.25, 0.3) is 0 Å². The van der Waals surface area contributed by atoms with Crippen LogP contribution >= 0.6 is 0 Å². The van der Waals surface area contributed by atoms with Gasteiger partial charge in [0, 0.05) is 25.2 Å². The number of aromatic carboxylic acids is 1. The van der Waals surface area contributed by atoms with Gasteiger partial charge in [-0.15, -0.1) is 0 Å². The molecule has 0 aliphatic heterocycles. The fourth-order valence-electron chi connectivity index (χ4n) is 1.86. The zero-order valence-corrected chi connectivity index (χ0v) is 10.6. The van der Waals surface area contributed by atoms with Gasteiger partial charge in [0.1, 0.15) is 5.69 Å². The minimum Gasteiger partial charge on any atom is -0.478 e. The van der Waals surface area contributed by atoms with Crippen molar-refractivity contribution in [1.82, 2.24) is 0 Å². The quantitative estimate of drug-likeness (QED) is 0.665. The van der Waals surface area contributed by atoms with E-state index in [0.29, 0.717) is 6.54 Å². The maximum absolute atomic E-state index is 11.0. The first kappa shape index (κ1) is 13.6.